The number of hydrogen-bond acceptors (Lipinski definition) is 3. The molecule has 2 aromatic carbocycles. The highest BCUT2D eigenvalue weighted by Gasteiger charge is 2.15. The van der Waals surface area contributed by atoms with E-state index in [1.54, 1.807) is 19.1 Å². The normalized spacial score (nSPS) is 11.7. The number of amides is 1. The Labute approximate surface area is 164 Å². The molecule has 0 spiro atoms. The third-order valence-electron chi connectivity index (χ3n) is 4.79. The second-order valence-corrected chi connectivity index (χ2v) is 6.84. The average molecular weight is 381 g/mol. The van der Waals surface area contributed by atoms with Gasteiger partial charge < -0.3 is 14.5 Å². The molecule has 0 aliphatic rings. The van der Waals surface area contributed by atoms with Gasteiger partial charge in [0.25, 0.3) is 0 Å². The Bertz CT molecular complexity index is 1080. The zero-order valence-corrected chi connectivity index (χ0v) is 16.8. The summed E-state index contributed by atoms with van der Waals surface area (Å²) in [5.41, 5.74) is 4.34. The summed E-state index contributed by atoms with van der Waals surface area (Å²) in [6.07, 6.45) is 1.49. The van der Waals surface area contributed by atoms with Crippen molar-refractivity contribution in [2.45, 2.75) is 34.6 Å². The van der Waals surface area contributed by atoms with Crippen molar-refractivity contribution in [3.63, 3.8) is 0 Å². The van der Waals surface area contributed by atoms with Gasteiger partial charge in [0.1, 0.15) is 22.9 Å². The standard InChI is InChI=1S/C23H24FNO3/c1-6-27-21-12-22-19(15(4)16(5)28-22)11-18(21)14(3)9-23(26)25-17-8-7-13(2)20(24)10-17/h7-12H,6H2,1-5H3,(H,25,26)/b14-9+. The Morgan fingerprint density at radius 2 is 1.96 bits per heavy atom. The smallest absolute Gasteiger partial charge is 0.248 e. The van der Waals surface area contributed by atoms with E-state index in [1.165, 1.54) is 12.1 Å². The number of fused-ring (bicyclic) bond motifs is 1. The van der Waals surface area contributed by atoms with Crippen LogP contribution in [0, 0.1) is 26.6 Å². The fraction of sp³-hybridized carbons (Fsp3) is 0.261. The number of carbonyl (C=O) groups is 1. The molecule has 0 bridgehead atoms. The Balaban J connectivity index is 1.94. The minimum Gasteiger partial charge on any atom is -0.493 e. The van der Waals surface area contributed by atoms with Crippen molar-refractivity contribution in [3.8, 4) is 5.75 Å². The van der Waals surface area contributed by atoms with Crippen LogP contribution in [0.4, 0.5) is 10.1 Å². The Morgan fingerprint density at radius 1 is 1.21 bits per heavy atom. The van der Waals surface area contributed by atoms with E-state index in [1.807, 2.05) is 39.8 Å². The van der Waals surface area contributed by atoms with Crippen LogP contribution in [0.3, 0.4) is 0 Å². The fourth-order valence-corrected chi connectivity index (χ4v) is 3.08. The molecule has 3 aromatic rings. The highest BCUT2D eigenvalue weighted by molar-refractivity contribution is 6.04. The molecule has 0 aliphatic heterocycles. The second-order valence-electron chi connectivity index (χ2n) is 6.84. The van der Waals surface area contributed by atoms with Crippen molar-refractivity contribution >= 4 is 28.1 Å². The fourth-order valence-electron chi connectivity index (χ4n) is 3.08. The molecule has 28 heavy (non-hydrogen) atoms. The van der Waals surface area contributed by atoms with Crippen LogP contribution in [0.1, 0.15) is 36.3 Å². The first kappa shape index (κ1) is 19.7. The number of allylic oxidation sites excluding steroid dienone is 1. The van der Waals surface area contributed by atoms with Gasteiger partial charge in [0, 0.05) is 28.8 Å². The Hall–Kier alpha value is -3.08. The van der Waals surface area contributed by atoms with Crippen LogP contribution < -0.4 is 10.1 Å². The summed E-state index contributed by atoms with van der Waals surface area (Å²) in [7, 11) is 0. The molecule has 0 unspecified atom stereocenters. The zero-order chi connectivity index (χ0) is 20.4. The molecule has 4 nitrogen and oxygen atoms in total. The van der Waals surface area contributed by atoms with Crippen LogP contribution >= 0.6 is 0 Å². The average Bonchev–Trinajstić information content (AvgIpc) is 2.91. The number of hydrogen-bond donors (Lipinski definition) is 1. The van der Waals surface area contributed by atoms with E-state index in [2.05, 4.69) is 5.32 Å². The molecular formula is C23H24FNO3. The molecule has 1 aromatic heterocycles. The van der Waals surface area contributed by atoms with Crippen molar-refractivity contribution in [3.05, 3.63) is 64.7 Å². The summed E-state index contributed by atoms with van der Waals surface area (Å²) >= 11 is 0. The molecule has 5 heteroatoms. The summed E-state index contributed by atoms with van der Waals surface area (Å²) in [6, 6.07) is 8.46. The van der Waals surface area contributed by atoms with E-state index in [0.29, 0.717) is 23.6 Å². The number of carbonyl (C=O) groups excluding carboxylic acids is 1. The molecule has 1 N–H and O–H groups in total. The Morgan fingerprint density at radius 3 is 2.64 bits per heavy atom. The van der Waals surface area contributed by atoms with E-state index >= 15 is 0 Å². The van der Waals surface area contributed by atoms with Crippen LogP contribution in [0.15, 0.2) is 40.8 Å². The summed E-state index contributed by atoms with van der Waals surface area (Å²) in [6.45, 7) is 9.86. The van der Waals surface area contributed by atoms with Crippen LogP contribution in [-0.4, -0.2) is 12.5 Å². The predicted octanol–water partition coefficient (Wildman–Crippen LogP) is 5.94. The van der Waals surface area contributed by atoms with Crippen LogP contribution in [0.25, 0.3) is 16.5 Å². The third-order valence-corrected chi connectivity index (χ3v) is 4.79. The van der Waals surface area contributed by atoms with Crippen molar-refractivity contribution in [1.29, 1.82) is 0 Å². The number of rotatable bonds is 5. The van der Waals surface area contributed by atoms with E-state index < -0.39 is 0 Å². The van der Waals surface area contributed by atoms with Crippen LogP contribution in [0.5, 0.6) is 5.75 Å². The van der Waals surface area contributed by atoms with Gasteiger partial charge in [0.15, 0.2) is 0 Å². The number of halogens is 1. The highest BCUT2D eigenvalue weighted by Crippen LogP contribution is 2.35. The van der Waals surface area contributed by atoms with Gasteiger partial charge in [0.05, 0.1) is 6.61 Å². The van der Waals surface area contributed by atoms with Gasteiger partial charge in [0.2, 0.25) is 5.91 Å². The maximum absolute atomic E-state index is 13.7. The summed E-state index contributed by atoms with van der Waals surface area (Å²) in [5.74, 6) is 0.832. The minimum absolute atomic E-state index is 0.330. The van der Waals surface area contributed by atoms with Crippen molar-refractivity contribution < 1.29 is 18.3 Å². The molecular weight excluding hydrogens is 357 g/mol. The van der Waals surface area contributed by atoms with Gasteiger partial charge in [-0.2, -0.15) is 0 Å². The van der Waals surface area contributed by atoms with Crippen LogP contribution in [-0.2, 0) is 4.79 Å². The van der Waals surface area contributed by atoms with Crippen molar-refractivity contribution in [1.82, 2.24) is 0 Å². The molecule has 1 heterocycles. The molecule has 0 saturated carbocycles. The van der Waals surface area contributed by atoms with E-state index in [-0.39, 0.29) is 11.7 Å². The number of aryl methyl sites for hydroxylation is 3. The van der Waals surface area contributed by atoms with Crippen LogP contribution in [0.2, 0.25) is 0 Å². The van der Waals surface area contributed by atoms with Gasteiger partial charge in [-0.05, 0) is 69.5 Å². The molecule has 0 fully saturated rings. The quantitative estimate of drug-likeness (QED) is 0.557. The molecule has 0 saturated heterocycles. The van der Waals surface area contributed by atoms with E-state index in [0.717, 1.165) is 33.4 Å². The SMILES string of the molecule is CCOc1cc2oc(C)c(C)c2cc1/C(C)=C/C(=O)Nc1ccc(C)c(F)c1. The monoisotopic (exact) mass is 381 g/mol. The lowest BCUT2D eigenvalue weighted by Gasteiger charge is -2.11. The van der Waals surface area contributed by atoms with E-state index in [9.17, 15) is 9.18 Å². The molecule has 0 aliphatic carbocycles. The van der Waals surface area contributed by atoms with E-state index in [4.69, 9.17) is 9.15 Å². The molecule has 146 valence electrons. The van der Waals surface area contributed by atoms with Gasteiger partial charge in [-0.3, -0.25) is 4.79 Å². The van der Waals surface area contributed by atoms with Crippen molar-refractivity contribution in [2.75, 3.05) is 11.9 Å². The maximum Gasteiger partial charge on any atom is 0.248 e. The largest absolute Gasteiger partial charge is 0.493 e. The highest BCUT2D eigenvalue weighted by atomic mass is 19.1. The first-order valence-electron chi connectivity index (χ1n) is 9.22. The Kier molecular flexibility index (Phi) is 5.54. The number of nitrogens with one attached hydrogen (secondary N) is 1. The molecule has 0 radical (unpaired) electrons. The first-order chi connectivity index (χ1) is 13.3. The number of ether oxygens (including phenoxy) is 1. The maximum atomic E-state index is 13.7. The van der Waals surface area contributed by atoms with Crippen molar-refractivity contribution in [2.24, 2.45) is 0 Å². The number of benzene rings is 2. The van der Waals surface area contributed by atoms with Gasteiger partial charge in [-0.1, -0.05) is 6.07 Å². The lowest BCUT2D eigenvalue weighted by atomic mass is 10.0. The molecule has 0 atom stereocenters. The first-order valence-corrected chi connectivity index (χ1v) is 9.22. The molecule has 1 amide bonds. The summed E-state index contributed by atoms with van der Waals surface area (Å²) in [4.78, 5) is 12.4. The number of furan rings is 1. The second kappa shape index (κ2) is 7.89. The predicted molar refractivity (Wildman–Crippen MR) is 110 cm³/mol. The lowest BCUT2D eigenvalue weighted by Crippen LogP contribution is -2.09. The van der Waals surface area contributed by atoms with Gasteiger partial charge in [-0.15, -0.1) is 0 Å². The third kappa shape index (κ3) is 3.93. The molecule has 3 rings (SSSR count). The van der Waals surface area contributed by atoms with Gasteiger partial charge in [-0.25, -0.2) is 4.39 Å². The topological polar surface area (TPSA) is 51.5 Å². The number of anilines is 1. The minimum atomic E-state index is -0.353. The lowest BCUT2D eigenvalue weighted by molar-refractivity contribution is -0.111. The summed E-state index contributed by atoms with van der Waals surface area (Å²) in [5, 5.41) is 3.69. The zero-order valence-electron chi connectivity index (χ0n) is 16.8. The summed E-state index contributed by atoms with van der Waals surface area (Å²) < 4.78 is 25.2. The van der Waals surface area contributed by atoms with Gasteiger partial charge >= 0.3 is 0 Å².